The SMILES string of the molecule is CNC(=O)[C@@H](C)N(CCc1ccccc1)C(=O)CN(c1ccc(Cl)cc1)S(=O)(=O)c1ccc(OC)c(OC)c1. The molecule has 0 aliphatic rings. The molecule has 0 fully saturated rings. The van der Waals surface area contributed by atoms with Gasteiger partial charge in [0, 0.05) is 24.7 Å². The quantitative estimate of drug-likeness (QED) is 0.354. The van der Waals surface area contributed by atoms with Crippen molar-refractivity contribution in [2.24, 2.45) is 0 Å². The Kier molecular flexibility index (Phi) is 10.2. The number of nitrogens with one attached hydrogen (secondary N) is 1. The van der Waals surface area contributed by atoms with Crippen molar-refractivity contribution in [2.45, 2.75) is 24.3 Å². The van der Waals surface area contributed by atoms with E-state index in [2.05, 4.69) is 5.32 Å². The number of likely N-dealkylation sites (N-methyl/N-ethyl adjacent to an activating group) is 1. The molecule has 0 aliphatic carbocycles. The van der Waals surface area contributed by atoms with Gasteiger partial charge in [0.2, 0.25) is 11.8 Å². The highest BCUT2D eigenvalue weighted by Gasteiger charge is 2.32. The lowest BCUT2D eigenvalue weighted by Gasteiger charge is -2.31. The van der Waals surface area contributed by atoms with E-state index in [9.17, 15) is 18.0 Å². The zero-order chi connectivity index (χ0) is 28.6. The number of ether oxygens (including phenoxy) is 2. The predicted octanol–water partition coefficient (Wildman–Crippen LogP) is 3.76. The Morgan fingerprint density at radius 1 is 0.949 bits per heavy atom. The molecule has 0 heterocycles. The number of nitrogens with zero attached hydrogens (tertiary/aromatic N) is 2. The van der Waals surface area contributed by atoms with Crippen LogP contribution in [-0.4, -0.2) is 65.5 Å². The summed E-state index contributed by atoms with van der Waals surface area (Å²) in [6.07, 6.45) is 0.483. The molecular formula is C28H32ClN3O6S. The van der Waals surface area contributed by atoms with Gasteiger partial charge >= 0.3 is 0 Å². The highest BCUT2D eigenvalue weighted by molar-refractivity contribution is 7.92. The minimum Gasteiger partial charge on any atom is -0.493 e. The molecule has 1 atom stereocenters. The molecule has 0 aromatic heterocycles. The van der Waals surface area contributed by atoms with Gasteiger partial charge in [-0.3, -0.25) is 13.9 Å². The van der Waals surface area contributed by atoms with Crippen LogP contribution in [0.3, 0.4) is 0 Å². The van der Waals surface area contributed by atoms with E-state index in [1.165, 1.54) is 56.5 Å². The highest BCUT2D eigenvalue weighted by Crippen LogP contribution is 2.32. The molecule has 0 aliphatic heterocycles. The molecular weight excluding hydrogens is 542 g/mol. The molecule has 0 saturated carbocycles. The molecule has 1 N–H and O–H groups in total. The largest absolute Gasteiger partial charge is 0.493 e. The molecule has 2 amide bonds. The standard InChI is InChI=1S/C28H32ClN3O6S/c1-20(28(34)30-2)31(17-16-21-8-6-5-7-9-21)27(33)19-32(23-12-10-22(29)11-13-23)39(35,36)24-14-15-25(37-3)26(18-24)38-4/h5-15,18,20H,16-17,19H2,1-4H3,(H,30,34)/t20-/m1/s1. The van der Waals surface area contributed by atoms with Crippen LogP contribution in [0.5, 0.6) is 11.5 Å². The minimum absolute atomic E-state index is 0.0990. The second-order valence-electron chi connectivity index (χ2n) is 8.62. The maximum absolute atomic E-state index is 13.9. The maximum atomic E-state index is 13.9. The fourth-order valence-corrected chi connectivity index (χ4v) is 5.58. The number of hydrogen-bond acceptors (Lipinski definition) is 6. The first-order valence-corrected chi connectivity index (χ1v) is 14.0. The van der Waals surface area contributed by atoms with E-state index in [0.29, 0.717) is 17.2 Å². The van der Waals surface area contributed by atoms with E-state index < -0.39 is 28.5 Å². The molecule has 208 valence electrons. The summed E-state index contributed by atoms with van der Waals surface area (Å²) in [4.78, 5) is 27.6. The monoisotopic (exact) mass is 573 g/mol. The molecule has 0 radical (unpaired) electrons. The van der Waals surface area contributed by atoms with Crippen LogP contribution in [0.25, 0.3) is 0 Å². The third-order valence-electron chi connectivity index (χ3n) is 6.23. The number of hydrogen-bond donors (Lipinski definition) is 1. The first kappa shape index (κ1) is 29.8. The first-order valence-electron chi connectivity index (χ1n) is 12.2. The number of benzene rings is 3. The molecule has 3 rings (SSSR count). The summed E-state index contributed by atoms with van der Waals surface area (Å²) >= 11 is 6.05. The number of rotatable bonds is 12. The molecule has 0 bridgehead atoms. The van der Waals surface area contributed by atoms with Gasteiger partial charge in [-0.15, -0.1) is 0 Å². The van der Waals surface area contributed by atoms with Crippen molar-refractivity contribution in [1.29, 1.82) is 0 Å². The van der Waals surface area contributed by atoms with Crippen LogP contribution in [-0.2, 0) is 26.0 Å². The van der Waals surface area contributed by atoms with Gasteiger partial charge < -0.3 is 19.7 Å². The van der Waals surface area contributed by atoms with Crippen LogP contribution < -0.4 is 19.1 Å². The molecule has 0 spiro atoms. The second kappa shape index (κ2) is 13.3. The Hall–Kier alpha value is -3.76. The van der Waals surface area contributed by atoms with Crippen LogP contribution in [0.2, 0.25) is 5.02 Å². The zero-order valence-electron chi connectivity index (χ0n) is 22.3. The Balaban J connectivity index is 2.01. The second-order valence-corrected chi connectivity index (χ2v) is 10.9. The Morgan fingerprint density at radius 2 is 1.59 bits per heavy atom. The van der Waals surface area contributed by atoms with E-state index in [-0.39, 0.29) is 28.8 Å². The van der Waals surface area contributed by atoms with Gasteiger partial charge in [0.1, 0.15) is 12.6 Å². The summed E-state index contributed by atoms with van der Waals surface area (Å²) in [5.41, 5.74) is 1.21. The fourth-order valence-electron chi connectivity index (χ4n) is 4.02. The molecule has 11 heteroatoms. The molecule has 3 aromatic rings. The van der Waals surface area contributed by atoms with Crippen molar-refractivity contribution < 1.29 is 27.5 Å². The van der Waals surface area contributed by atoms with Crippen molar-refractivity contribution in [1.82, 2.24) is 10.2 Å². The number of amides is 2. The summed E-state index contributed by atoms with van der Waals surface area (Å²) in [5.74, 6) is -0.325. The van der Waals surface area contributed by atoms with Crippen LogP contribution in [0, 0.1) is 0 Å². The third-order valence-corrected chi connectivity index (χ3v) is 8.26. The topological polar surface area (TPSA) is 105 Å². The average molecular weight is 574 g/mol. The van der Waals surface area contributed by atoms with Crippen LogP contribution in [0.4, 0.5) is 5.69 Å². The van der Waals surface area contributed by atoms with Crippen LogP contribution >= 0.6 is 11.6 Å². The van der Waals surface area contributed by atoms with E-state index >= 15 is 0 Å². The van der Waals surface area contributed by atoms with Gasteiger partial charge in [0.25, 0.3) is 10.0 Å². The van der Waals surface area contributed by atoms with Crippen molar-refractivity contribution in [2.75, 3.05) is 38.7 Å². The highest BCUT2D eigenvalue weighted by atomic mass is 35.5. The van der Waals surface area contributed by atoms with Gasteiger partial charge in [-0.25, -0.2) is 8.42 Å². The Bertz CT molecular complexity index is 1380. The molecule has 0 unspecified atom stereocenters. The van der Waals surface area contributed by atoms with Gasteiger partial charge in [0.05, 0.1) is 24.8 Å². The fraction of sp³-hybridized carbons (Fsp3) is 0.286. The van der Waals surface area contributed by atoms with Crippen LogP contribution in [0.15, 0.2) is 77.7 Å². The van der Waals surface area contributed by atoms with E-state index in [4.69, 9.17) is 21.1 Å². The van der Waals surface area contributed by atoms with E-state index in [1.54, 1.807) is 19.1 Å². The average Bonchev–Trinajstić information content (AvgIpc) is 2.96. The lowest BCUT2D eigenvalue weighted by molar-refractivity contribution is -0.138. The summed E-state index contributed by atoms with van der Waals surface area (Å²) in [6, 6.07) is 19.0. The number of methoxy groups -OCH3 is 2. The lowest BCUT2D eigenvalue weighted by Crippen LogP contribution is -2.51. The summed E-state index contributed by atoms with van der Waals surface area (Å²) < 4.78 is 39.4. The number of anilines is 1. The Labute approximate surface area is 234 Å². The minimum atomic E-state index is -4.27. The predicted molar refractivity (Wildman–Crippen MR) is 151 cm³/mol. The number of carbonyl (C=O) groups excluding carboxylic acids is 2. The third kappa shape index (κ3) is 7.21. The molecule has 9 nitrogen and oxygen atoms in total. The van der Waals surface area contributed by atoms with Gasteiger partial charge in [-0.1, -0.05) is 41.9 Å². The molecule has 3 aromatic carbocycles. The zero-order valence-corrected chi connectivity index (χ0v) is 23.8. The number of halogens is 1. The summed E-state index contributed by atoms with van der Waals surface area (Å²) in [6.45, 7) is 1.27. The Morgan fingerprint density at radius 3 is 2.18 bits per heavy atom. The molecule has 39 heavy (non-hydrogen) atoms. The van der Waals surface area contributed by atoms with Crippen molar-refractivity contribution in [3.05, 3.63) is 83.4 Å². The van der Waals surface area contributed by atoms with Crippen molar-refractivity contribution in [3.8, 4) is 11.5 Å². The first-order chi connectivity index (χ1) is 18.6. The summed E-state index contributed by atoms with van der Waals surface area (Å²) in [5, 5.41) is 2.97. The van der Waals surface area contributed by atoms with E-state index in [0.717, 1.165) is 9.87 Å². The lowest BCUT2D eigenvalue weighted by atomic mass is 10.1. The number of carbonyl (C=O) groups is 2. The summed E-state index contributed by atoms with van der Waals surface area (Å²) in [7, 11) is 0.0703. The van der Waals surface area contributed by atoms with Crippen molar-refractivity contribution in [3.63, 3.8) is 0 Å². The number of sulfonamides is 1. The van der Waals surface area contributed by atoms with E-state index in [1.807, 2.05) is 30.3 Å². The van der Waals surface area contributed by atoms with Crippen LogP contribution in [0.1, 0.15) is 12.5 Å². The van der Waals surface area contributed by atoms with Crippen molar-refractivity contribution >= 4 is 39.1 Å². The van der Waals surface area contributed by atoms with Gasteiger partial charge in [0.15, 0.2) is 11.5 Å². The normalized spacial score (nSPS) is 11.8. The van der Waals surface area contributed by atoms with Gasteiger partial charge in [-0.2, -0.15) is 0 Å². The molecule has 0 saturated heterocycles. The maximum Gasteiger partial charge on any atom is 0.264 e. The van der Waals surface area contributed by atoms with Gasteiger partial charge in [-0.05, 0) is 55.3 Å². The smallest absolute Gasteiger partial charge is 0.264 e.